The molecular formula is C12H18F2N2O2. The molecule has 6 heteroatoms. The fraction of sp³-hybridized carbons (Fsp3) is 0.833. The van der Waals surface area contributed by atoms with E-state index in [0.717, 1.165) is 0 Å². The maximum Gasteiger partial charge on any atom is 0.352 e. The first kappa shape index (κ1) is 14.8. The first-order valence-electron chi connectivity index (χ1n) is 5.85. The Morgan fingerprint density at radius 2 is 1.94 bits per heavy atom. The van der Waals surface area contributed by atoms with Gasteiger partial charge in [0.2, 0.25) is 0 Å². The lowest BCUT2D eigenvalue weighted by Crippen LogP contribution is -2.62. The third-order valence-corrected chi connectivity index (χ3v) is 3.32. The summed E-state index contributed by atoms with van der Waals surface area (Å²) in [6.07, 6.45) is 0.278. The van der Waals surface area contributed by atoms with Crippen LogP contribution in [0, 0.1) is 16.7 Å². The smallest absolute Gasteiger partial charge is 0.352 e. The molecule has 102 valence electrons. The predicted molar refractivity (Wildman–Crippen MR) is 60.7 cm³/mol. The zero-order valence-corrected chi connectivity index (χ0v) is 10.8. The highest BCUT2D eigenvalue weighted by molar-refractivity contribution is 5.85. The molecule has 0 saturated heterocycles. The van der Waals surface area contributed by atoms with E-state index in [-0.39, 0.29) is 12.8 Å². The van der Waals surface area contributed by atoms with Crippen molar-refractivity contribution >= 4 is 5.91 Å². The molecular weight excluding hydrogens is 242 g/mol. The van der Waals surface area contributed by atoms with E-state index in [1.807, 2.05) is 5.32 Å². The number of halogens is 2. The molecule has 1 fully saturated rings. The quantitative estimate of drug-likeness (QED) is 0.809. The monoisotopic (exact) mass is 260 g/mol. The SMILES string of the molecule is CC(C)(C)C(C#N)NC(=O)C(F)(F)C1(O)CCC1. The Morgan fingerprint density at radius 1 is 1.44 bits per heavy atom. The van der Waals surface area contributed by atoms with Crippen LogP contribution in [0.2, 0.25) is 0 Å². The average Bonchev–Trinajstić information content (AvgIpc) is 2.19. The summed E-state index contributed by atoms with van der Waals surface area (Å²) in [7, 11) is 0. The Bertz CT molecular complexity index is 379. The Labute approximate surface area is 105 Å². The minimum Gasteiger partial charge on any atom is -0.383 e. The molecule has 0 radical (unpaired) electrons. The number of amides is 1. The molecule has 2 N–H and O–H groups in total. The summed E-state index contributed by atoms with van der Waals surface area (Å²) in [6.45, 7) is 4.99. The average molecular weight is 260 g/mol. The highest BCUT2D eigenvalue weighted by Crippen LogP contribution is 2.44. The van der Waals surface area contributed by atoms with E-state index in [1.54, 1.807) is 26.8 Å². The third-order valence-electron chi connectivity index (χ3n) is 3.32. The van der Waals surface area contributed by atoms with Crippen molar-refractivity contribution in [3.63, 3.8) is 0 Å². The van der Waals surface area contributed by atoms with Gasteiger partial charge in [-0.15, -0.1) is 0 Å². The van der Waals surface area contributed by atoms with Crippen molar-refractivity contribution in [2.75, 3.05) is 0 Å². The number of aliphatic hydroxyl groups is 1. The third kappa shape index (κ3) is 2.46. The Hall–Kier alpha value is -1.22. The standard InChI is InChI=1S/C12H18F2N2O2/c1-10(2,3)8(7-15)16-9(17)12(13,14)11(18)5-4-6-11/h8,18H,4-6H2,1-3H3,(H,16,17). The van der Waals surface area contributed by atoms with Crippen molar-refractivity contribution in [2.24, 2.45) is 5.41 Å². The van der Waals surface area contributed by atoms with Crippen LogP contribution in [0.3, 0.4) is 0 Å². The molecule has 1 aliphatic carbocycles. The Morgan fingerprint density at radius 3 is 2.22 bits per heavy atom. The number of nitrogens with one attached hydrogen (secondary N) is 1. The first-order chi connectivity index (χ1) is 8.04. The fourth-order valence-corrected chi connectivity index (χ4v) is 1.70. The molecule has 0 heterocycles. The maximum absolute atomic E-state index is 13.8. The second-order valence-corrected chi connectivity index (χ2v) is 5.86. The predicted octanol–water partition coefficient (Wildman–Crippen LogP) is 1.59. The van der Waals surface area contributed by atoms with Crippen molar-refractivity contribution in [2.45, 2.75) is 57.6 Å². The van der Waals surface area contributed by atoms with E-state index in [4.69, 9.17) is 5.26 Å². The first-order valence-corrected chi connectivity index (χ1v) is 5.85. The molecule has 1 atom stereocenters. The number of nitrogens with zero attached hydrogens (tertiary/aromatic N) is 1. The van der Waals surface area contributed by atoms with Crippen LogP contribution in [0.25, 0.3) is 0 Å². The van der Waals surface area contributed by atoms with Crippen LogP contribution >= 0.6 is 0 Å². The number of alkyl halides is 2. The van der Waals surface area contributed by atoms with Gasteiger partial charge in [-0.25, -0.2) is 0 Å². The second kappa shape index (κ2) is 4.47. The van der Waals surface area contributed by atoms with E-state index < -0.39 is 28.9 Å². The summed E-state index contributed by atoms with van der Waals surface area (Å²) >= 11 is 0. The Balaban J connectivity index is 2.79. The summed E-state index contributed by atoms with van der Waals surface area (Å²) in [5.74, 6) is -5.43. The van der Waals surface area contributed by atoms with Crippen molar-refractivity contribution in [3.05, 3.63) is 0 Å². The van der Waals surface area contributed by atoms with E-state index in [2.05, 4.69) is 0 Å². The molecule has 0 aliphatic heterocycles. The lowest BCUT2D eigenvalue weighted by atomic mass is 9.75. The van der Waals surface area contributed by atoms with Gasteiger partial charge in [0, 0.05) is 0 Å². The van der Waals surface area contributed by atoms with Gasteiger partial charge in [-0.3, -0.25) is 4.79 Å². The van der Waals surface area contributed by atoms with Gasteiger partial charge >= 0.3 is 5.92 Å². The molecule has 0 aromatic carbocycles. The van der Waals surface area contributed by atoms with Crippen LogP contribution in [0.15, 0.2) is 0 Å². The summed E-state index contributed by atoms with van der Waals surface area (Å²) in [5, 5.41) is 20.5. The topological polar surface area (TPSA) is 73.1 Å². The largest absolute Gasteiger partial charge is 0.383 e. The van der Waals surface area contributed by atoms with Crippen molar-refractivity contribution < 1.29 is 18.7 Å². The minimum absolute atomic E-state index is 0.0971. The van der Waals surface area contributed by atoms with Gasteiger partial charge in [-0.2, -0.15) is 14.0 Å². The van der Waals surface area contributed by atoms with Crippen LogP contribution in [0.1, 0.15) is 40.0 Å². The highest BCUT2D eigenvalue weighted by atomic mass is 19.3. The van der Waals surface area contributed by atoms with Crippen molar-refractivity contribution in [1.82, 2.24) is 5.32 Å². The fourth-order valence-electron chi connectivity index (χ4n) is 1.70. The summed E-state index contributed by atoms with van der Waals surface area (Å²) in [6, 6.07) is 0.757. The molecule has 0 bridgehead atoms. The van der Waals surface area contributed by atoms with Crippen LogP contribution in [0.4, 0.5) is 8.78 Å². The van der Waals surface area contributed by atoms with E-state index >= 15 is 0 Å². The van der Waals surface area contributed by atoms with Gasteiger partial charge in [0.1, 0.15) is 11.6 Å². The maximum atomic E-state index is 13.8. The molecule has 0 spiro atoms. The Kier molecular flexibility index (Phi) is 3.68. The number of carbonyl (C=O) groups is 1. The number of nitriles is 1. The molecule has 1 rings (SSSR count). The molecule has 4 nitrogen and oxygen atoms in total. The second-order valence-electron chi connectivity index (χ2n) is 5.86. The van der Waals surface area contributed by atoms with Gasteiger partial charge < -0.3 is 10.4 Å². The van der Waals surface area contributed by atoms with Crippen LogP contribution in [-0.4, -0.2) is 28.6 Å². The molecule has 1 aliphatic rings. The number of rotatable bonds is 3. The van der Waals surface area contributed by atoms with Gasteiger partial charge in [-0.1, -0.05) is 20.8 Å². The zero-order valence-electron chi connectivity index (χ0n) is 10.8. The lowest BCUT2D eigenvalue weighted by Gasteiger charge is -2.42. The van der Waals surface area contributed by atoms with Crippen LogP contribution in [0.5, 0.6) is 0 Å². The van der Waals surface area contributed by atoms with E-state index in [9.17, 15) is 18.7 Å². The number of hydrogen-bond donors (Lipinski definition) is 2. The zero-order chi connectivity index (χ0) is 14.2. The van der Waals surface area contributed by atoms with Gasteiger partial charge in [-0.05, 0) is 24.7 Å². The molecule has 1 saturated carbocycles. The van der Waals surface area contributed by atoms with Gasteiger partial charge in [0.15, 0.2) is 0 Å². The van der Waals surface area contributed by atoms with Crippen LogP contribution in [-0.2, 0) is 4.79 Å². The summed E-state index contributed by atoms with van der Waals surface area (Å²) < 4.78 is 27.5. The lowest BCUT2D eigenvalue weighted by molar-refractivity contribution is -0.216. The van der Waals surface area contributed by atoms with Gasteiger partial charge in [0.25, 0.3) is 5.91 Å². The molecule has 0 aromatic rings. The number of carbonyl (C=O) groups excluding carboxylic acids is 1. The number of hydrogen-bond acceptors (Lipinski definition) is 3. The van der Waals surface area contributed by atoms with Crippen molar-refractivity contribution in [3.8, 4) is 6.07 Å². The van der Waals surface area contributed by atoms with Gasteiger partial charge in [0.05, 0.1) is 6.07 Å². The normalized spacial score (nSPS) is 20.5. The molecule has 0 aromatic heterocycles. The summed E-state index contributed by atoms with van der Waals surface area (Å²) in [4.78, 5) is 11.5. The van der Waals surface area contributed by atoms with Crippen molar-refractivity contribution in [1.29, 1.82) is 5.26 Å². The molecule has 18 heavy (non-hydrogen) atoms. The minimum atomic E-state index is -3.86. The highest BCUT2D eigenvalue weighted by Gasteiger charge is 2.61. The van der Waals surface area contributed by atoms with E-state index in [0.29, 0.717) is 6.42 Å². The molecule has 1 amide bonds. The summed E-state index contributed by atoms with van der Waals surface area (Å²) in [5.41, 5.74) is -2.91. The van der Waals surface area contributed by atoms with E-state index in [1.165, 1.54) is 0 Å². The molecule has 1 unspecified atom stereocenters. The van der Waals surface area contributed by atoms with Crippen LogP contribution < -0.4 is 5.32 Å².